The topological polar surface area (TPSA) is 106 Å². The standard InChI is InChI=1S/C23H29N5O3/c1-5-18-19-22(29)25-20(15-7-6-8-17(13-15)28(30)31)26-27(19)21(24-18)14-9-11-16(12-10-14)23(2,3)4/h6-8,13-14,16H,5,9-12H2,1-4H3,(H,25,26,29). The highest BCUT2D eigenvalue weighted by Gasteiger charge is 2.32. The van der Waals surface area contributed by atoms with E-state index in [1.54, 1.807) is 16.6 Å². The van der Waals surface area contributed by atoms with E-state index < -0.39 is 4.92 Å². The molecule has 1 aliphatic carbocycles. The number of fused-ring (bicyclic) bond motifs is 1. The molecular weight excluding hydrogens is 394 g/mol. The molecule has 1 aromatic carbocycles. The number of imidazole rings is 1. The second-order valence-corrected chi connectivity index (χ2v) is 9.56. The van der Waals surface area contributed by atoms with Gasteiger partial charge >= 0.3 is 0 Å². The molecular formula is C23H29N5O3. The molecule has 2 aromatic heterocycles. The molecule has 0 aliphatic heterocycles. The summed E-state index contributed by atoms with van der Waals surface area (Å²) in [6.45, 7) is 8.87. The van der Waals surface area contributed by atoms with Gasteiger partial charge in [-0.05, 0) is 43.4 Å². The third-order valence-corrected chi connectivity index (χ3v) is 6.58. The van der Waals surface area contributed by atoms with Crippen LogP contribution in [-0.4, -0.2) is 24.5 Å². The van der Waals surface area contributed by atoms with Crippen LogP contribution in [0, 0.1) is 21.4 Å². The highest BCUT2D eigenvalue weighted by molar-refractivity contribution is 5.61. The molecule has 0 atom stereocenters. The first kappa shape index (κ1) is 21.2. The van der Waals surface area contributed by atoms with Crippen LogP contribution in [0.3, 0.4) is 0 Å². The Morgan fingerprint density at radius 3 is 2.55 bits per heavy atom. The zero-order chi connectivity index (χ0) is 22.3. The van der Waals surface area contributed by atoms with Crippen molar-refractivity contribution in [1.82, 2.24) is 19.6 Å². The number of hydrogen-bond donors (Lipinski definition) is 1. The number of hydrogen-bond acceptors (Lipinski definition) is 5. The van der Waals surface area contributed by atoms with Crippen LogP contribution in [0.15, 0.2) is 29.1 Å². The predicted octanol–water partition coefficient (Wildman–Crippen LogP) is 4.88. The summed E-state index contributed by atoms with van der Waals surface area (Å²) in [6.07, 6.45) is 4.94. The van der Waals surface area contributed by atoms with E-state index in [1.807, 2.05) is 6.92 Å². The minimum absolute atomic E-state index is 0.0409. The van der Waals surface area contributed by atoms with Crippen molar-refractivity contribution in [3.05, 3.63) is 56.3 Å². The van der Waals surface area contributed by atoms with Crippen molar-refractivity contribution in [2.45, 2.75) is 65.7 Å². The van der Waals surface area contributed by atoms with Gasteiger partial charge in [0.05, 0.1) is 10.6 Å². The molecule has 0 radical (unpaired) electrons. The number of rotatable bonds is 4. The monoisotopic (exact) mass is 423 g/mol. The lowest BCUT2D eigenvalue weighted by atomic mass is 9.70. The van der Waals surface area contributed by atoms with Crippen LogP contribution in [0.1, 0.15) is 70.8 Å². The molecule has 4 rings (SSSR count). The van der Waals surface area contributed by atoms with E-state index in [9.17, 15) is 14.9 Å². The molecule has 1 fully saturated rings. The average Bonchev–Trinajstić information content (AvgIpc) is 3.12. The van der Waals surface area contributed by atoms with Gasteiger partial charge in [-0.15, -0.1) is 5.10 Å². The van der Waals surface area contributed by atoms with Gasteiger partial charge in [0.15, 0.2) is 11.3 Å². The van der Waals surface area contributed by atoms with E-state index in [0.717, 1.165) is 37.2 Å². The Hall–Kier alpha value is -3.03. The predicted molar refractivity (Wildman–Crippen MR) is 119 cm³/mol. The molecule has 31 heavy (non-hydrogen) atoms. The van der Waals surface area contributed by atoms with Crippen molar-refractivity contribution in [3.8, 4) is 11.4 Å². The van der Waals surface area contributed by atoms with Crippen LogP contribution in [0.5, 0.6) is 0 Å². The molecule has 0 amide bonds. The Balaban J connectivity index is 1.78. The summed E-state index contributed by atoms with van der Waals surface area (Å²) in [5.41, 5.74) is 1.70. The number of H-pyrrole nitrogens is 1. The summed E-state index contributed by atoms with van der Waals surface area (Å²) >= 11 is 0. The maximum atomic E-state index is 13.0. The summed E-state index contributed by atoms with van der Waals surface area (Å²) in [5.74, 6) is 2.07. The van der Waals surface area contributed by atoms with E-state index in [-0.39, 0.29) is 17.2 Å². The van der Waals surface area contributed by atoms with E-state index in [0.29, 0.717) is 34.7 Å². The second-order valence-electron chi connectivity index (χ2n) is 9.56. The molecule has 8 heteroatoms. The largest absolute Gasteiger partial charge is 0.303 e. The van der Waals surface area contributed by atoms with E-state index in [1.165, 1.54) is 12.1 Å². The van der Waals surface area contributed by atoms with Gasteiger partial charge in [0, 0.05) is 23.6 Å². The van der Waals surface area contributed by atoms with E-state index in [4.69, 9.17) is 10.1 Å². The molecule has 2 heterocycles. The molecule has 0 bridgehead atoms. The Morgan fingerprint density at radius 1 is 1.23 bits per heavy atom. The summed E-state index contributed by atoms with van der Waals surface area (Å²) in [5, 5.41) is 15.9. The van der Waals surface area contributed by atoms with Crippen LogP contribution in [0.4, 0.5) is 5.69 Å². The highest BCUT2D eigenvalue weighted by atomic mass is 16.6. The van der Waals surface area contributed by atoms with E-state index in [2.05, 4.69) is 25.8 Å². The lowest BCUT2D eigenvalue weighted by Gasteiger charge is -2.36. The Kier molecular flexibility index (Phi) is 5.41. The third kappa shape index (κ3) is 3.98. The first-order valence-corrected chi connectivity index (χ1v) is 11.0. The number of aromatic amines is 1. The number of nitrogens with one attached hydrogen (secondary N) is 1. The van der Waals surface area contributed by atoms with Crippen LogP contribution in [0.2, 0.25) is 0 Å². The summed E-state index contributed by atoms with van der Waals surface area (Å²) in [7, 11) is 0. The number of non-ortho nitro benzene ring substituents is 1. The fourth-order valence-corrected chi connectivity index (χ4v) is 4.72. The zero-order valence-electron chi connectivity index (χ0n) is 18.5. The van der Waals surface area contributed by atoms with Gasteiger partial charge in [0.1, 0.15) is 5.82 Å². The van der Waals surface area contributed by atoms with Crippen molar-refractivity contribution in [3.63, 3.8) is 0 Å². The van der Waals surface area contributed by atoms with Crippen molar-refractivity contribution in [2.75, 3.05) is 0 Å². The maximum absolute atomic E-state index is 13.0. The Bertz CT molecular complexity index is 1180. The van der Waals surface area contributed by atoms with Crippen molar-refractivity contribution >= 4 is 11.2 Å². The van der Waals surface area contributed by atoms with Crippen molar-refractivity contribution < 1.29 is 4.92 Å². The smallest absolute Gasteiger partial charge is 0.277 e. The summed E-state index contributed by atoms with van der Waals surface area (Å²) in [4.78, 5) is 31.3. The van der Waals surface area contributed by atoms with Gasteiger partial charge in [-0.25, -0.2) is 9.50 Å². The van der Waals surface area contributed by atoms with Crippen molar-refractivity contribution in [2.24, 2.45) is 11.3 Å². The number of benzene rings is 1. The molecule has 1 saturated carbocycles. The highest BCUT2D eigenvalue weighted by Crippen LogP contribution is 2.43. The van der Waals surface area contributed by atoms with Gasteiger partial charge in [-0.1, -0.05) is 39.8 Å². The number of nitro groups is 1. The average molecular weight is 424 g/mol. The van der Waals surface area contributed by atoms with Gasteiger partial charge in [0.25, 0.3) is 11.2 Å². The molecule has 8 nitrogen and oxygen atoms in total. The first-order chi connectivity index (χ1) is 14.7. The Labute approximate surface area is 180 Å². The molecule has 0 unspecified atom stereocenters. The van der Waals surface area contributed by atoms with Gasteiger partial charge in [-0.2, -0.15) is 0 Å². The number of aromatic nitrogens is 4. The molecule has 164 valence electrons. The SMILES string of the molecule is CCc1nc(C2CCC(C(C)(C)C)CC2)n2nc(-c3cccc([N+](=O)[O-])c3)[nH]c(=O)c12. The number of nitrogens with zero attached hydrogens (tertiary/aromatic N) is 4. The number of aryl methyl sites for hydroxylation is 1. The minimum atomic E-state index is -0.453. The molecule has 1 aliphatic rings. The molecule has 1 N–H and O–H groups in total. The quantitative estimate of drug-likeness (QED) is 0.476. The summed E-state index contributed by atoms with van der Waals surface area (Å²) in [6, 6.07) is 6.16. The molecule has 0 saturated heterocycles. The van der Waals surface area contributed by atoms with Crippen LogP contribution in [-0.2, 0) is 6.42 Å². The lowest BCUT2D eigenvalue weighted by Crippen LogP contribution is -2.26. The second kappa shape index (κ2) is 7.90. The van der Waals surface area contributed by atoms with Crippen LogP contribution in [0.25, 0.3) is 16.9 Å². The van der Waals surface area contributed by atoms with Gasteiger partial charge in [-0.3, -0.25) is 14.9 Å². The summed E-state index contributed by atoms with van der Waals surface area (Å²) < 4.78 is 1.69. The molecule has 3 aromatic rings. The van der Waals surface area contributed by atoms with Gasteiger partial charge in [0.2, 0.25) is 0 Å². The minimum Gasteiger partial charge on any atom is -0.303 e. The van der Waals surface area contributed by atoms with Crippen LogP contribution >= 0.6 is 0 Å². The zero-order valence-corrected chi connectivity index (χ0v) is 18.5. The Morgan fingerprint density at radius 2 is 1.94 bits per heavy atom. The first-order valence-electron chi connectivity index (χ1n) is 11.0. The number of nitro benzene ring substituents is 1. The van der Waals surface area contributed by atoms with Crippen LogP contribution < -0.4 is 5.56 Å². The maximum Gasteiger partial charge on any atom is 0.277 e. The van der Waals surface area contributed by atoms with Crippen molar-refractivity contribution in [1.29, 1.82) is 0 Å². The van der Waals surface area contributed by atoms with E-state index >= 15 is 0 Å². The third-order valence-electron chi connectivity index (χ3n) is 6.58. The fourth-order valence-electron chi connectivity index (χ4n) is 4.72. The lowest BCUT2D eigenvalue weighted by molar-refractivity contribution is -0.384. The molecule has 0 spiro atoms. The normalized spacial score (nSPS) is 19.6. The van der Waals surface area contributed by atoms with Gasteiger partial charge < -0.3 is 4.98 Å². The fraction of sp³-hybridized carbons (Fsp3) is 0.522.